The van der Waals surface area contributed by atoms with Crippen LogP contribution in [-0.4, -0.2) is 6.10 Å². The minimum atomic E-state index is -0.328. The lowest BCUT2D eigenvalue weighted by atomic mass is 9.70. The van der Waals surface area contributed by atoms with Gasteiger partial charge in [0.25, 0.3) is 0 Å². The lowest BCUT2D eigenvalue weighted by Crippen LogP contribution is -2.34. The van der Waals surface area contributed by atoms with E-state index in [1.165, 1.54) is 103 Å². The molecule has 1 nitrogen and oxygen atoms in total. The van der Waals surface area contributed by atoms with E-state index in [1.54, 1.807) is 0 Å². The highest BCUT2D eigenvalue weighted by molar-refractivity contribution is 4.85. The summed E-state index contributed by atoms with van der Waals surface area (Å²) in [6.07, 6.45) is 23.7. The van der Waals surface area contributed by atoms with Crippen LogP contribution in [0.25, 0.3) is 0 Å². The van der Waals surface area contributed by atoms with Gasteiger partial charge in [-0.25, -0.2) is 5.11 Å². The SMILES string of the molecule is CCCCCCCCC(CC)(CCCCCCCC)C([O])CCCCC. The van der Waals surface area contributed by atoms with E-state index in [0.717, 1.165) is 19.3 Å². The normalized spacial score (nSPS) is 13.3. The molecule has 0 aliphatic rings. The highest BCUT2D eigenvalue weighted by Gasteiger charge is 2.35. The Balaban J connectivity index is 4.44. The summed E-state index contributed by atoms with van der Waals surface area (Å²) in [5.74, 6) is 0. The zero-order chi connectivity index (χ0) is 19.5. The number of hydrogen-bond acceptors (Lipinski definition) is 0. The van der Waals surface area contributed by atoms with Gasteiger partial charge >= 0.3 is 0 Å². The van der Waals surface area contributed by atoms with E-state index in [2.05, 4.69) is 27.7 Å². The zero-order valence-electron chi connectivity index (χ0n) is 18.9. The Morgan fingerprint density at radius 3 is 1.35 bits per heavy atom. The second kappa shape index (κ2) is 18.3. The first kappa shape index (κ1) is 26.0. The fraction of sp³-hybridized carbons (Fsp3) is 1.00. The summed E-state index contributed by atoms with van der Waals surface area (Å²) in [5.41, 5.74) is 0.0866. The molecule has 0 heterocycles. The number of unbranched alkanes of at least 4 members (excludes halogenated alkanes) is 12. The summed E-state index contributed by atoms with van der Waals surface area (Å²) in [6.45, 7) is 9.08. The molecule has 0 spiro atoms. The van der Waals surface area contributed by atoms with E-state index in [1.807, 2.05) is 0 Å². The molecule has 0 saturated heterocycles. The van der Waals surface area contributed by atoms with Gasteiger partial charge in [0.1, 0.15) is 0 Å². The fourth-order valence-electron chi connectivity index (χ4n) is 4.43. The molecule has 0 amide bonds. The van der Waals surface area contributed by atoms with Crippen LogP contribution in [0.3, 0.4) is 0 Å². The van der Waals surface area contributed by atoms with Gasteiger partial charge in [-0.3, -0.25) is 0 Å². The second-order valence-corrected chi connectivity index (χ2v) is 8.74. The summed E-state index contributed by atoms with van der Waals surface area (Å²) < 4.78 is 0. The van der Waals surface area contributed by atoms with Crippen LogP contribution < -0.4 is 0 Å². The van der Waals surface area contributed by atoms with Gasteiger partial charge in [-0.1, -0.05) is 124 Å². The first-order valence-corrected chi connectivity index (χ1v) is 12.3. The maximum Gasteiger partial charge on any atom is 0.0985 e. The fourth-order valence-corrected chi connectivity index (χ4v) is 4.43. The molecule has 0 saturated carbocycles. The van der Waals surface area contributed by atoms with Crippen LogP contribution in [-0.2, 0) is 5.11 Å². The molecular formula is C25H51O. The largest absolute Gasteiger partial charge is 0.233 e. The van der Waals surface area contributed by atoms with E-state index in [-0.39, 0.29) is 11.5 Å². The van der Waals surface area contributed by atoms with E-state index < -0.39 is 0 Å². The van der Waals surface area contributed by atoms with Gasteiger partial charge in [0, 0.05) is 0 Å². The van der Waals surface area contributed by atoms with Crippen molar-refractivity contribution in [3.63, 3.8) is 0 Å². The number of hydrogen-bond donors (Lipinski definition) is 0. The van der Waals surface area contributed by atoms with Crippen molar-refractivity contribution in [3.8, 4) is 0 Å². The van der Waals surface area contributed by atoms with E-state index in [4.69, 9.17) is 0 Å². The molecule has 0 aliphatic carbocycles. The average molecular weight is 368 g/mol. The zero-order valence-corrected chi connectivity index (χ0v) is 18.9. The first-order chi connectivity index (χ1) is 12.7. The summed E-state index contributed by atoms with van der Waals surface area (Å²) in [4.78, 5) is 0. The van der Waals surface area contributed by atoms with Crippen LogP contribution in [0.1, 0.15) is 150 Å². The predicted octanol–water partition coefficient (Wildman–Crippen LogP) is 9.26. The van der Waals surface area contributed by atoms with E-state index in [9.17, 15) is 5.11 Å². The van der Waals surface area contributed by atoms with Gasteiger partial charge in [0.05, 0.1) is 6.10 Å². The van der Waals surface area contributed by atoms with E-state index in [0.29, 0.717) is 0 Å². The third-order valence-corrected chi connectivity index (χ3v) is 6.51. The summed E-state index contributed by atoms with van der Waals surface area (Å²) >= 11 is 0. The van der Waals surface area contributed by atoms with Gasteiger partial charge in [-0.05, 0) is 31.1 Å². The summed E-state index contributed by atoms with van der Waals surface area (Å²) in [5, 5.41) is 13.2. The van der Waals surface area contributed by atoms with Crippen LogP contribution in [0.2, 0.25) is 0 Å². The molecule has 26 heavy (non-hydrogen) atoms. The lowest BCUT2D eigenvalue weighted by molar-refractivity contribution is -0.0507. The van der Waals surface area contributed by atoms with Gasteiger partial charge in [-0.2, -0.15) is 0 Å². The molecule has 0 aromatic carbocycles. The molecule has 0 aliphatic heterocycles. The molecule has 157 valence electrons. The third-order valence-electron chi connectivity index (χ3n) is 6.51. The first-order valence-electron chi connectivity index (χ1n) is 12.3. The average Bonchev–Trinajstić information content (AvgIpc) is 2.65. The van der Waals surface area contributed by atoms with Crippen molar-refractivity contribution in [2.75, 3.05) is 0 Å². The van der Waals surface area contributed by atoms with Crippen LogP contribution in [0.15, 0.2) is 0 Å². The minimum absolute atomic E-state index is 0.0866. The minimum Gasteiger partial charge on any atom is -0.233 e. The lowest BCUT2D eigenvalue weighted by Gasteiger charge is -2.37. The van der Waals surface area contributed by atoms with Crippen molar-refractivity contribution in [2.45, 2.75) is 156 Å². The molecule has 1 radical (unpaired) electrons. The van der Waals surface area contributed by atoms with Crippen LogP contribution in [0.4, 0.5) is 0 Å². The summed E-state index contributed by atoms with van der Waals surface area (Å²) in [6, 6.07) is 0. The maximum absolute atomic E-state index is 13.2. The van der Waals surface area contributed by atoms with Gasteiger partial charge in [-0.15, -0.1) is 0 Å². The van der Waals surface area contributed by atoms with Crippen molar-refractivity contribution < 1.29 is 5.11 Å². The smallest absolute Gasteiger partial charge is 0.0985 e. The third kappa shape index (κ3) is 12.4. The van der Waals surface area contributed by atoms with Crippen LogP contribution in [0, 0.1) is 5.41 Å². The van der Waals surface area contributed by atoms with Gasteiger partial charge in [0.2, 0.25) is 0 Å². The second-order valence-electron chi connectivity index (χ2n) is 8.74. The Morgan fingerprint density at radius 2 is 0.923 bits per heavy atom. The molecule has 0 N–H and O–H groups in total. The molecule has 0 aromatic heterocycles. The van der Waals surface area contributed by atoms with Gasteiger partial charge in [0.15, 0.2) is 0 Å². The standard InChI is InChI=1S/C25H51O/c1-5-9-12-14-16-19-22-25(8-4,24(26)21-18-11-7-3)23-20-17-15-13-10-6-2/h24H,5-23H2,1-4H3. The molecule has 0 fully saturated rings. The number of rotatable bonds is 20. The Bertz CT molecular complexity index is 257. The molecular weight excluding hydrogens is 316 g/mol. The van der Waals surface area contributed by atoms with Crippen molar-refractivity contribution in [1.82, 2.24) is 0 Å². The van der Waals surface area contributed by atoms with E-state index >= 15 is 0 Å². The van der Waals surface area contributed by atoms with Gasteiger partial charge < -0.3 is 0 Å². The molecule has 0 bridgehead atoms. The quantitative estimate of drug-likeness (QED) is 0.191. The Hall–Kier alpha value is -0.0400. The topological polar surface area (TPSA) is 19.9 Å². The molecule has 0 aromatic rings. The Labute approximate surface area is 166 Å². The Morgan fingerprint density at radius 1 is 0.538 bits per heavy atom. The highest BCUT2D eigenvalue weighted by atomic mass is 16.3. The van der Waals surface area contributed by atoms with Crippen molar-refractivity contribution in [3.05, 3.63) is 0 Å². The van der Waals surface area contributed by atoms with Crippen LogP contribution in [0.5, 0.6) is 0 Å². The molecule has 1 unspecified atom stereocenters. The maximum atomic E-state index is 13.2. The molecule has 1 heteroatoms. The predicted molar refractivity (Wildman–Crippen MR) is 117 cm³/mol. The van der Waals surface area contributed by atoms with Crippen molar-refractivity contribution in [2.24, 2.45) is 5.41 Å². The summed E-state index contributed by atoms with van der Waals surface area (Å²) in [7, 11) is 0. The molecule has 1 atom stereocenters. The molecule has 0 rings (SSSR count). The Kier molecular flexibility index (Phi) is 18.3. The monoisotopic (exact) mass is 367 g/mol. The van der Waals surface area contributed by atoms with Crippen molar-refractivity contribution in [1.29, 1.82) is 0 Å². The van der Waals surface area contributed by atoms with Crippen LogP contribution >= 0.6 is 0 Å². The highest BCUT2D eigenvalue weighted by Crippen LogP contribution is 2.41. The van der Waals surface area contributed by atoms with Crippen molar-refractivity contribution >= 4 is 0 Å².